The molecule has 0 aromatic rings. The number of hydrogen-bond donors (Lipinski definition) is 0. The Kier molecular flexibility index (Phi) is 22.6. The standard InChI is InChI=1S/4C5H2F6O2.Zr/c4*6-4(7,8)2(12)1-3(13)5(9,10)11;/h4*1,12H;/q;;;;+4/p-4/b4*2-1-;. The molecule has 304 valence electrons. The molecule has 0 aliphatic rings. The molecule has 0 atom stereocenters. The van der Waals surface area contributed by atoms with E-state index in [9.17, 15) is 145 Å². The molecule has 0 aliphatic heterocycles. The number of halogens is 24. The Morgan fingerprint density at radius 1 is 0.264 bits per heavy atom. The van der Waals surface area contributed by atoms with Gasteiger partial charge in [-0.25, -0.2) is 0 Å². The molecule has 8 nitrogen and oxygen atoms in total. The van der Waals surface area contributed by atoms with E-state index in [1.54, 1.807) is 0 Å². The van der Waals surface area contributed by atoms with E-state index >= 15 is 0 Å². The van der Waals surface area contributed by atoms with Crippen molar-refractivity contribution >= 4 is 23.1 Å². The second kappa shape index (κ2) is 20.5. The summed E-state index contributed by atoms with van der Waals surface area (Å²) in [6.07, 6.45) is -47.8. The van der Waals surface area contributed by atoms with Crippen molar-refractivity contribution in [2.45, 2.75) is 49.4 Å². The molecule has 0 aliphatic carbocycles. The van der Waals surface area contributed by atoms with Crippen molar-refractivity contribution in [3.8, 4) is 0 Å². The predicted molar refractivity (Wildman–Crippen MR) is 101 cm³/mol. The van der Waals surface area contributed by atoms with Gasteiger partial charge in [-0.05, 0) is 47.3 Å². The third kappa shape index (κ3) is 28.3. The van der Waals surface area contributed by atoms with Crippen LogP contribution in [0.5, 0.6) is 0 Å². The molecule has 0 rings (SSSR count). The van der Waals surface area contributed by atoms with Gasteiger partial charge >= 0.3 is 75.6 Å². The van der Waals surface area contributed by atoms with Crippen molar-refractivity contribution in [3.63, 3.8) is 0 Å². The first kappa shape index (κ1) is 58.4. The second-order valence-electron chi connectivity index (χ2n) is 7.47. The fraction of sp³-hybridized carbons (Fsp3) is 0.400. The molecule has 0 aromatic heterocycles. The summed E-state index contributed by atoms with van der Waals surface area (Å²) in [5.41, 5.74) is 0. The molecule has 0 spiro atoms. The Morgan fingerprint density at radius 2 is 0.358 bits per heavy atom. The minimum absolute atomic E-state index is 0. The summed E-state index contributed by atoms with van der Waals surface area (Å²) in [6.45, 7) is 0. The van der Waals surface area contributed by atoms with Gasteiger partial charge in [-0.2, -0.15) is 105 Å². The Bertz CT molecular complexity index is 1150. The Labute approximate surface area is 291 Å². The van der Waals surface area contributed by atoms with Crippen molar-refractivity contribution in [3.05, 3.63) is 47.3 Å². The van der Waals surface area contributed by atoms with Gasteiger partial charge in [0.25, 0.3) is 23.1 Å². The third-order valence-corrected chi connectivity index (χ3v) is 3.28. The van der Waals surface area contributed by atoms with Crippen LogP contribution in [0, 0.1) is 0 Å². The van der Waals surface area contributed by atoms with Crippen LogP contribution in [0.2, 0.25) is 0 Å². The zero-order chi connectivity index (χ0) is 43.4. The Hall–Kier alpha value is -3.96. The zero-order valence-corrected chi connectivity index (χ0v) is 25.6. The summed E-state index contributed by atoms with van der Waals surface area (Å²) >= 11 is 0. The predicted octanol–water partition coefficient (Wildman–Crippen LogP) is 3.69. The van der Waals surface area contributed by atoms with Crippen molar-refractivity contribution in [2.75, 3.05) is 0 Å². The maximum atomic E-state index is 11.3. The maximum absolute atomic E-state index is 11.3. The van der Waals surface area contributed by atoms with Gasteiger partial charge in [0.05, 0.1) is 0 Å². The molecule has 53 heavy (non-hydrogen) atoms. The quantitative estimate of drug-likeness (QED) is 0.235. The molecule has 0 heterocycles. The van der Waals surface area contributed by atoms with E-state index in [-0.39, 0.29) is 26.2 Å². The fourth-order valence-corrected chi connectivity index (χ4v) is 1.13. The smallest absolute Gasteiger partial charge is 0.869 e. The van der Waals surface area contributed by atoms with E-state index in [4.69, 9.17) is 0 Å². The van der Waals surface area contributed by atoms with Crippen LogP contribution in [0.25, 0.3) is 0 Å². The minimum Gasteiger partial charge on any atom is -0.869 e. The number of carbonyl (C=O) groups is 4. The largest absolute Gasteiger partial charge is 4.00 e. The van der Waals surface area contributed by atoms with Crippen molar-refractivity contribution in [1.29, 1.82) is 0 Å². The third-order valence-electron chi connectivity index (χ3n) is 3.28. The zero-order valence-electron chi connectivity index (χ0n) is 23.1. The Morgan fingerprint density at radius 3 is 0.415 bits per heavy atom. The Balaban J connectivity index is -0.000000192. The molecule has 0 aromatic carbocycles. The molecule has 0 saturated carbocycles. The molecular formula is C20H4F24O8Zr. The SMILES string of the molecule is O=C(/C=C(\[O-])C(F)(F)F)C(F)(F)F.O=C(/C=C(\[O-])C(F)(F)F)C(F)(F)F.O=C(/C=C(\[O-])C(F)(F)F)C(F)(F)F.O=C(/C=C(\[O-])C(F)(F)F)C(F)(F)F.[Zr+4]. The van der Waals surface area contributed by atoms with Gasteiger partial charge in [0.2, 0.25) is 0 Å². The van der Waals surface area contributed by atoms with Crippen LogP contribution < -0.4 is 20.4 Å². The summed E-state index contributed by atoms with van der Waals surface area (Å²) in [4.78, 5) is 39.3. The number of carbonyl (C=O) groups excluding carboxylic acids is 4. The van der Waals surface area contributed by atoms with Crippen molar-refractivity contribution in [1.82, 2.24) is 0 Å². The maximum Gasteiger partial charge on any atom is 4.00 e. The van der Waals surface area contributed by atoms with E-state index in [0.29, 0.717) is 0 Å². The summed E-state index contributed by atoms with van der Waals surface area (Å²) in [6, 6.07) is 0. The van der Waals surface area contributed by atoms with Crippen LogP contribution in [-0.2, 0) is 45.4 Å². The average molecular weight is 919 g/mol. The van der Waals surface area contributed by atoms with Crippen LogP contribution in [0.1, 0.15) is 0 Å². The van der Waals surface area contributed by atoms with Crippen LogP contribution in [0.4, 0.5) is 105 Å². The van der Waals surface area contributed by atoms with E-state index < -0.39 is 120 Å². The number of rotatable bonds is 4. The van der Waals surface area contributed by atoms with Crippen LogP contribution in [0.3, 0.4) is 0 Å². The van der Waals surface area contributed by atoms with E-state index in [1.165, 1.54) is 0 Å². The molecule has 0 N–H and O–H groups in total. The average Bonchev–Trinajstić information content (AvgIpc) is 2.85. The summed E-state index contributed by atoms with van der Waals surface area (Å²) in [5, 5.41) is 39.3. The molecule has 0 fully saturated rings. The van der Waals surface area contributed by atoms with Crippen LogP contribution >= 0.6 is 0 Å². The first-order chi connectivity index (χ1) is 22.2. The molecule has 33 heteroatoms. The first-order valence-electron chi connectivity index (χ1n) is 10.5. The topological polar surface area (TPSA) is 161 Å². The van der Waals surface area contributed by atoms with Crippen molar-refractivity contribution < 1.29 is 171 Å². The summed E-state index contributed by atoms with van der Waals surface area (Å²) in [5.74, 6) is -22.6. The summed E-state index contributed by atoms with van der Waals surface area (Å²) < 4.78 is 271. The van der Waals surface area contributed by atoms with Crippen molar-refractivity contribution in [2.24, 2.45) is 0 Å². The normalized spacial score (nSPS) is 14.2. The van der Waals surface area contributed by atoms with Gasteiger partial charge in [-0.1, -0.05) is 0 Å². The van der Waals surface area contributed by atoms with Gasteiger partial charge < -0.3 is 20.4 Å². The van der Waals surface area contributed by atoms with E-state index in [2.05, 4.69) is 0 Å². The van der Waals surface area contributed by atoms with Gasteiger partial charge in [0, 0.05) is 0 Å². The van der Waals surface area contributed by atoms with Crippen LogP contribution in [0.15, 0.2) is 47.3 Å². The van der Waals surface area contributed by atoms with E-state index in [0.717, 1.165) is 0 Å². The van der Waals surface area contributed by atoms with Gasteiger partial charge in [0.15, 0.2) is 0 Å². The number of ketones is 4. The molecule has 0 saturated heterocycles. The first-order valence-corrected chi connectivity index (χ1v) is 10.5. The molecular weight excluding hydrogens is 915 g/mol. The number of alkyl halides is 24. The molecule has 0 radical (unpaired) electrons. The second-order valence-corrected chi connectivity index (χ2v) is 7.47. The molecule has 0 amide bonds. The molecule has 0 unspecified atom stereocenters. The summed E-state index contributed by atoms with van der Waals surface area (Å²) in [7, 11) is 0. The van der Waals surface area contributed by atoms with Gasteiger partial charge in [0.1, 0.15) is 0 Å². The van der Waals surface area contributed by atoms with Gasteiger partial charge in [-0.3, -0.25) is 19.2 Å². The van der Waals surface area contributed by atoms with Crippen LogP contribution in [-0.4, -0.2) is 72.5 Å². The molecule has 0 bridgehead atoms. The monoisotopic (exact) mass is 918 g/mol. The fourth-order valence-electron chi connectivity index (χ4n) is 1.13. The number of allylic oxidation sites excluding steroid dienone is 8. The minimum atomic E-state index is -5.46. The number of hydrogen-bond acceptors (Lipinski definition) is 8. The van der Waals surface area contributed by atoms with E-state index in [1.807, 2.05) is 0 Å². The van der Waals surface area contributed by atoms with Gasteiger partial charge in [-0.15, -0.1) is 0 Å².